The summed E-state index contributed by atoms with van der Waals surface area (Å²) >= 11 is 0. The second-order valence-corrected chi connectivity index (χ2v) is 8.67. The quantitative estimate of drug-likeness (QED) is 0.542. The molecule has 1 unspecified atom stereocenters. The second-order valence-electron chi connectivity index (χ2n) is 8.67. The van der Waals surface area contributed by atoms with Gasteiger partial charge in [-0.15, -0.1) is 0 Å². The molecule has 2 N–H and O–H groups in total. The number of halogens is 6. The third-order valence-electron chi connectivity index (χ3n) is 6.14. The topological polar surface area (TPSA) is 116 Å². The van der Waals surface area contributed by atoms with Crippen LogP contribution in [0.2, 0.25) is 0 Å². The van der Waals surface area contributed by atoms with Crippen LogP contribution in [0.5, 0.6) is 0 Å². The fraction of sp³-hybridized carbons (Fsp3) is 0.571. The van der Waals surface area contributed by atoms with Crippen LogP contribution in [0.25, 0.3) is 0 Å². The third kappa shape index (κ3) is 6.47. The van der Waals surface area contributed by atoms with Crippen LogP contribution in [0.1, 0.15) is 30.4 Å². The molecule has 2 fully saturated rings. The number of alkyl halides is 6. The molecular weight excluding hydrogens is 512 g/mol. The molecule has 0 spiro atoms. The van der Waals surface area contributed by atoms with Crippen molar-refractivity contribution in [2.24, 2.45) is 0 Å². The molecule has 2 aromatic heterocycles. The molecular formula is C21H23F6N7O3. The molecule has 2 saturated heterocycles. The molecule has 202 valence electrons. The zero-order chi connectivity index (χ0) is 26.8. The number of piperazine rings is 1. The zero-order valence-electron chi connectivity index (χ0n) is 19.3. The molecule has 16 heteroatoms. The molecule has 0 saturated carbocycles. The fourth-order valence-electron chi connectivity index (χ4n) is 4.23. The van der Waals surface area contributed by atoms with E-state index in [1.54, 1.807) is 14.9 Å². The molecule has 4 heterocycles. The lowest BCUT2D eigenvalue weighted by Gasteiger charge is -2.35. The van der Waals surface area contributed by atoms with Crippen molar-refractivity contribution in [3.05, 3.63) is 40.1 Å². The Kier molecular flexibility index (Phi) is 7.57. The van der Waals surface area contributed by atoms with Gasteiger partial charge in [-0.05, 0) is 12.8 Å². The van der Waals surface area contributed by atoms with E-state index in [9.17, 15) is 35.9 Å². The van der Waals surface area contributed by atoms with Gasteiger partial charge in [0.05, 0.1) is 36.1 Å². The van der Waals surface area contributed by atoms with Crippen molar-refractivity contribution in [3.63, 3.8) is 0 Å². The van der Waals surface area contributed by atoms with Gasteiger partial charge >= 0.3 is 12.4 Å². The molecule has 4 rings (SSSR count). The summed E-state index contributed by atoms with van der Waals surface area (Å²) in [5.74, 6) is -0.0106. The van der Waals surface area contributed by atoms with E-state index in [1.807, 2.05) is 0 Å². The second kappa shape index (κ2) is 10.5. The minimum absolute atomic E-state index is 0.00467. The van der Waals surface area contributed by atoms with Crippen molar-refractivity contribution in [3.8, 4) is 0 Å². The number of carbonyl (C=O) groups is 1. The minimum atomic E-state index is -4.85. The number of aromatic amines is 1. The van der Waals surface area contributed by atoms with Crippen LogP contribution in [0, 0.1) is 0 Å². The maximum Gasteiger partial charge on any atom is 0.423 e. The fourth-order valence-corrected chi connectivity index (χ4v) is 4.23. The summed E-state index contributed by atoms with van der Waals surface area (Å²) in [6.07, 6.45) is -6.76. The van der Waals surface area contributed by atoms with Gasteiger partial charge in [0.1, 0.15) is 5.56 Å². The standard InChI is InChI=1S/C21H23F6N7O3/c22-20(23,24)12-8-29-19(30-9-12)34-5-3-33(4-6-34)16(35)7-13-1-2-14(37-13)10-28-15-11-31-32-18(36)17(15)21(25,26)27/h8-9,11,13-14H,1-7,10H2,(H2,28,32,36)/t13?,14-/m0/s1. The summed E-state index contributed by atoms with van der Waals surface area (Å²) in [4.78, 5) is 35.1. The van der Waals surface area contributed by atoms with Gasteiger partial charge < -0.3 is 19.9 Å². The number of amides is 1. The first-order chi connectivity index (χ1) is 17.4. The monoisotopic (exact) mass is 535 g/mol. The van der Waals surface area contributed by atoms with E-state index in [2.05, 4.69) is 20.4 Å². The number of H-pyrrole nitrogens is 1. The summed E-state index contributed by atoms with van der Waals surface area (Å²) < 4.78 is 83.3. The van der Waals surface area contributed by atoms with Crippen LogP contribution >= 0.6 is 0 Å². The Morgan fingerprint density at radius 2 is 1.65 bits per heavy atom. The van der Waals surface area contributed by atoms with Crippen molar-refractivity contribution in [2.45, 2.75) is 43.8 Å². The van der Waals surface area contributed by atoms with Gasteiger partial charge in [-0.25, -0.2) is 15.1 Å². The van der Waals surface area contributed by atoms with Gasteiger partial charge in [-0.3, -0.25) is 9.59 Å². The van der Waals surface area contributed by atoms with Crippen LogP contribution in [-0.2, 0) is 21.9 Å². The van der Waals surface area contributed by atoms with Crippen LogP contribution in [0.3, 0.4) is 0 Å². The molecule has 0 aliphatic carbocycles. The van der Waals surface area contributed by atoms with Crippen LogP contribution in [-0.4, -0.2) is 75.9 Å². The van der Waals surface area contributed by atoms with Crippen molar-refractivity contribution in [1.82, 2.24) is 25.1 Å². The van der Waals surface area contributed by atoms with E-state index in [-0.39, 0.29) is 24.8 Å². The maximum atomic E-state index is 13.2. The molecule has 1 amide bonds. The number of rotatable bonds is 6. The highest BCUT2D eigenvalue weighted by Gasteiger charge is 2.38. The van der Waals surface area contributed by atoms with Crippen LogP contribution in [0.4, 0.5) is 38.0 Å². The summed E-state index contributed by atoms with van der Waals surface area (Å²) in [7, 11) is 0. The van der Waals surface area contributed by atoms with Gasteiger partial charge in [0, 0.05) is 45.1 Å². The average Bonchev–Trinajstić information content (AvgIpc) is 3.28. The van der Waals surface area contributed by atoms with Crippen molar-refractivity contribution in [2.75, 3.05) is 42.9 Å². The number of nitrogens with zero attached hydrogens (tertiary/aromatic N) is 5. The van der Waals surface area contributed by atoms with Crippen molar-refractivity contribution in [1.29, 1.82) is 0 Å². The number of hydrogen-bond acceptors (Lipinski definition) is 8. The normalized spacial score (nSPS) is 20.8. The summed E-state index contributed by atoms with van der Waals surface area (Å²) in [5.41, 5.74) is -4.11. The van der Waals surface area contributed by atoms with Gasteiger partial charge in [0.2, 0.25) is 11.9 Å². The molecule has 2 aliphatic heterocycles. The number of ether oxygens (including phenoxy) is 1. The highest BCUT2D eigenvalue weighted by Crippen LogP contribution is 2.32. The van der Waals surface area contributed by atoms with Gasteiger partial charge in [-0.2, -0.15) is 31.4 Å². The van der Waals surface area contributed by atoms with Gasteiger partial charge in [0.15, 0.2) is 0 Å². The van der Waals surface area contributed by atoms with Crippen LogP contribution < -0.4 is 15.8 Å². The van der Waals surface area contributed by atoms with E-state index < -0.39 is 46.9 Å². The molecule has 0 radical (unpaired) electrons. The maximum absolute atomic E-state index is 13.2. The Balaban J connectivity index is 1.23. The van der Waals surface area contributed by atoms with E-state index in [4.69, 9.17) is 4.74 Å². The Labute approximate surface area is 206 Å². The third-order valence-corrected chi connectivity index (χ3v) is 6.14. The first kappa shape index (κ1) is 26.6. The van der Waals surface area contributed by atoms with E-state index in [0.717, 1.165) is 18.6 Å². The predicted molar refractivity (Wildman–Crippen MR) is 117 cm³/mol. The van der Waals surface area contributed by atoms with Crippen LogP contribution in [0.15, 0.2) is 23.4 Å². The molecule has 0 aromatic carbocycles. The summed E-state index contributed by atoms with van der Waals surface area (Å²) in [6.45, 7) is 1.36. The lowest BCUT2D eigenvalue weighted by atomic mass is 10.1. The highest BCUT2D eigenvalue weighted by atomic mass is 19.4. The van der Waals surface area contributed by atoms with Gasteiger partial charge in [0.25, 0.3) is 5.56 Å². The average molecular weight is 535 g/mol. The number of aromatic nitrogens is 4. The number of carbonyl (C=O) groups excluding carboxylic acids is 1. The molecule has 2 aliphatic rings. The Morgan fingerprint density at radius 3 is 2.27 bits per heavy atom. The largest absolute Gasteiger partial charge is 0.423 e. The SMILES string of the molecule is O=C(CC1CC[C@@H](CNc2cn[nH]c(=O)c2C(F)(F)F)O1)N1CCN(c2ncc(C(F)(F)F)cn2)CC1. The molecule has 0 bridgehead atoms. The molecule has 2 atom stereocenters. The zero-order valence-corrected chi connectivity index (χ0v) is 19.3. The number of anilines is 2. The van der Waals surface area contributed by atoms with E-state index in [0.29, 0.717) is 39.0 Å². The lowest BCUT2D eigenvalue weighted by Crippen LogP contribution is -2.49. The predicted octanol–water partition coefficient (Wildman–Crippen LogP) is 2.30. The smallest absolute Gasteiger partial charge is 0.380 e. The minimum Gasteiger partial charge on any atom is -0.380 e. The van der Waals surface area contributed by atoms with Gasteiger partial charge in [-0.1, -0.05) is 0 Å². The van der Waals surface area contributed by atoms with Crippen molar-refractivity contribution < 1.29 is 35.9 Å². The Morgan fingerprint density at radius 1 is 1.00 bits per heavy atom. The molecule has 2 aromatic rings. The summed E-state index contributed by atoms with van der Waals surface area (Å²) in [6, 6.07) is 0. The molecule has 37 heavy (non-hydrogen) atoms. The van der Waals surface area contributed by atoms with E-state index >= 15 is 0 Å². The van der Waals surface area contributed by atoms with Crippen molar-refractivity contribution >= 4 is 17.5 Å². The number of nitrogens with one attached hydrogen (secondary N) is 2. The highest BCUT2D eigenvalue weighted by molar-refractivity contribution is 5.77. The first-order valence-corrected chi connectivity index (χ1v) is 11.4. The summed E-state index contributed by atoms with van der Waals surface area (Å²) in [5, 5.41) is 7.73. The van der Waals surface area contributed by atoms with E-state index in [1.165, 1.54) is 0 Å². The Bertz CT molecular complexity index is 1150. The lowest BCUT2D eigenvalue weighted by molar-refractivity contribution is -0.139. The first-order valence-electron chi connectivity index (χ1n) is 11.4. The molecule has 10 nitrogen and oxygen atoms in total. The number of hydrogen-bond donors (Lipinski definition) is 2. The Hall–Kier alpha value is -3.43.